The van der Waals surface area contributed by atoms with Crippen molar-refractivity contribution in [2.24, 2.45) is 4.99 Å². The summed E-state index contributed by atoms with van der Waals surface area (Å²) in [7, 11) is 1.63. The normalized spacial score (nSPS) is 11.1. The van der Waals surface area contributed by atoms with Crippen LogP contribution in [0.25, 0.3) is 5.65 Å². The number of halogens is 2. The molecule has 7 nitrogen and oxygen atoms in total. The highest BCUT2D eigenvalue weighted by Crippen LogP contribution is 2.30. The van der Waals surface area contributed by atoms with Gasteiger partial charge < -0.3 is 24.5 Å². The summed E-state index contributed by atoms with van der Waals surface area (Å²) in [6.45, 7) is 5.75. The van der Waals surface area contributed by atoms with E-state index in [0.717, 1.165) is 28.0 Å². The van der Waals surface area contributed by atoms with Crippen molar-refractivity contribution in [2.75, 3.05) is 25.6 Å². The van der Waals surface area contributed by atoms with E-state index in [4.69, 9.17) is 9.47 Å². The number of benzene rings is 1. The van der Waals surface area contributed by atoms with E-state index >= 15 is 0 Å². The van der Waals surface area contributed by atoms with Crippen LogP contribution in [0.15, 0.2) is 52.2 Å². The Morgan fingerprint density at radius 3 is 2.72 bits per heavy atom. The molecule has 9 heteroatoms. The minimum Gasteiger partial charge on any atom is -0.493 e. The molecule has 0 radical (unpaired) electrons. The number of aromatic nitrogens is 2. The van der Waals surface area contributed by atoms with E-state index in [1.807, 2.05) is 61.0 Å². The summed E-state index contributed by atoms with van der Waals surface area (Å²) >= 11 is 3.47. The van der Waals surface area contributed by atoms with Crippen LogP contribution in [0.2, 0.25) is 0 Å². The van der Waals surface area contributed by atoms with Crippen LogP contribution < -0.4 is 20.1 Å². The molecule has 29 heavy (non-hydrogen) atoms. The van der Waals surface area contributed by atoms with Gasteiger partial charge in [-0.05, 0) is 54.0 Å². The quantitative estimate of drug-likeness (QED) is 0.243. The first-order valence-electron chi connectivity index (χ1n) is 9.12. The van der Waals surface area contributed by atoms with Crippen molar-refractivity contribution in [3.05, 3.63) is 52.9 Å². The summed E-state index contributed by atoms with van der Waals surface area (Å²) in [5, 5.41) is 6.55. The van der Waals surface area contributed by atoms with Gasteiger partial charge >= 0.3 is 0 Å². The first-order chi connectivity index (χ1) is 13.6. The second-order valence-electron chi connectivity index (χ2n) is 5.96. The Morgan fingerprint density at radius 2 is 2.00 bits per heavy atom. The number of hydrogen-bond acceptors (Lipinski definition) is 4. The van der Waals surface area contributed by atoms with Gasteiger partial charge in [-0.3, -0.25) is 0 Å². The van der Waals surface area contributed by atoms with Crippen molar-refractivity contribution < 1.29 is 9.47 Å². The van der Waals surface area contributed by atoms with Crippen LogP contribution >= 0.6 is 39.9 Å². The number of nitrogens with zero attached hydrogens (tertiary/aromatic N) is 3. The summed E-state index contributed by atoms with van der Waals surface area (Å²) in [4.78, 5) is 9.25. The van der Waals surface area contributed by atoms with Gasteiger partial charge in [-0.2, -0.15) is 0 Å². The van der Waals surface area contributed by atoms with Crippen LogP contribution in [0, 0.1) is 0 Å². The Labute approximate surface area is 196 Å². The third-order valence-electron chi connectivity index (χ3n) is 3.93. The van der Waals surface area contributed by atoms with Crippen molar-refractivity contribution in [1.29, 1.82) is 0 Å². The fourth-order valence-electron chi connectivity index (χ4n) is 2.72. The Morgan fingerprint density at radius 1 is 1.17 bits per heavy atom. The van der Waals surface area contributed by atoms with E-state index in [9.17, 15) is 0 Å². The number of guanidine groups is 1. The number of anilines is 1. The molecule has 2 heterocycles. The molecule has 1 aromatic carbocycles. The molecule has 156 valence electrons. The molecule has 0 spiro atoms. The average Bonchev–Trinajstić information content (AvgIpc) is 3.09. The summed E-state index contributed by atoms with van der Waals surface area (Å²) in [6, 6.07) is 9.64. The third kappa shape index (κ3) is 6.23. The highest BCUT2D eigenvalue weighted by atomic mass is 127. The lowest BCUT2D eigenvalue weighted by atomic mass is 10.2. The SMILES string of the molecule is CCNC(=NCc1cn2cc(Br)ccc2n1)Nc1ccc(OC)c(OCC)c1.I. The van der Waals surface area contributed by atoms with Crippen LogP contribution in [0.5, 0.6) is 11.5 Å². The van der Waals surface area contributed by atoms with E-state index < -0.39 is 0 Å². The standard InChI is InChI=1S/C20H24BrN5O2.HI/c1-4-22-20(25-15-7-8-17(27-3)18(10-15)28-5-2)23-11-16-13-26-12-14(21)6-9-19(26)24-16;/h6-10,12-13H,4-5,11H2,1-3H3,(H2,22,23,25);1H. The maximum absolute atomic E-state index is 5.64. The highest BCUT2D eigenvalue weighted by molar-refractivity contribution is 14.0. The lowest BCUT2D eigenvalue weighted by Crippen LogP contribution is -2.30. The van der Waals surface area contributed by atoms with Gasteiger partial charge in [0.05, 0.1) is 26.0 Å². The maximum atomic E-state index is 5.64. The van der Waals surface area contributed by atoms with Gasteiger partial charge in [0, 0.05) is 35.2 Å². The zero-order valence-electron chi connectivity index (χ0n) is 16.6. The predicted molar refractivity (Wildman–Crippen MR) is 131 cm³/mol. The number of pyridine rings is 1. The number of imidazole rings is 1. The summed E-state index contributed by atoms with van der Waals surface area (Å²) in [5.74, 6) is 2.07. The molecule has 0 bridgehead atoms. The monoisotopic (exact) mass is 573 g/mol. The number of nitrogens with one attached hydrogen (secondary N) is 2. The molecule has 0 saturated carbocycles. The van der Waals surface area contributed by atoms with Gasteiger partial charge in [-0.1, -0.05) is 0 Å². The van der Waals surface area contributed by atoms with Crippen LogP contribution in [0.1, 0.15) is 19.5 Å². The van der Waals surface area contributed by atoms with Crippen LogP contribution in [-0.2, 0) is 6.54 Å². The minimum absolute atomic E-state index is 0. The second-order valence-corrected chi connectivity index (χ2v) is 6.88. The number of ether oxygens (including phenoxy) is 2. The molecule has 0 atom stereocenters. The fraction of sp³-hybridized carbons (Fsp3) is 0.300. The van der Waals surface area contributed by atoms with Crippen LogP contribution in [0.4, 0.5) is 5.69 Å². The Hall–Kier alpha value is -2.01. The van der Waals surface area contributed by atoms with E-state index in [0.29, 0.717) is 30.6 Å². The molecule has 0 aliphatic carbocycles. The first-order valence-corrected chi connectivity index (χ1v) is 9.91. The zero-order valence-corrected chi connectivity index (χ0v) is 20.5. The maximum Gasteiger partial charge on any atom is 0.196 e. The zero-order chi connectivity index (χ0) is 19.9. The molecule has 3 aromatic rings. The lowest BCUT2D eigenvalue weighted by molar-refractivity contribution is 0.311. The van der Waals surface area contributed by atoms with Gasteiger partial charge in [0.2, 0.25) is 0 Å². The van der Waals surface area contributed by atoms with Crippen molar-refractivity contribution in [2.45, 2.75) is 20.4 Å². The molecule has 3 rings (SSSR count). The van der Waals surface area contributed by atoms with Crippen molar-refractivity contribution in [3.8, 4) is 11.5 Å². The van der Waals surface area contributed by atoms with Crippen molar-refractivity contribution in [3.63, 3.8) is 0 Å². The van der Waals surface area contributed by atoms with Crippen molar-refractivity contribution in [1.82, 2.24) is 14.7 Å². The number of hydrogen-bond donors (Lipinski definition) is 2. The number of rotatable bonds is 7. The topological polar surface area (TPSA) is 72.2 Å². The van der Waals surface area contributed by atoms with Crippen LogP contribution in [0.3, 0.4) is 0 Å². The Balaban J connectivity index is 0.00000300. The third-order valence-corrected chi connectivity index (χ3v) is 4.40. The second kappa shape index (κ2) is 11.2. The summed E-state index contributed by atoms with van der Waals surface area (Å²) in [5.41, 5.74) is 2.64. The average molecular weight is 574 g/mol. The van der Waals surface area contributed by atoms with E-state index in [1.54, 1.807) is 7.11 Å². The molecular formula is C20H25BrIN5O2. The molecular weight excluding hydrogens is 549 g/mol. The van der Waals surface area contributed by atoms with Gasteiger partial charge in [-0.25, -0.2) is 9.98 Å². The molecule has 0 aliphatic rings. The predicted octanol–water partition coefficient (Wildman–Crippen LogP) is 4.70. The van der Waals surface area contributed by atoms with Gasteiger partial charge in [-0.15, -0.1) is 24.0 Å². The molecule has 0 saturated heterocycles. The van der Waals surface area contributed by atoms with E-state index in [-0.39, 0.29) is 24.0 Å². The first kappa shape index (κ1) is 23.3. The van der Waals surface area contributed by atoms with Crippen molar-refractivity contribution >= 4 is 57.2 Å². The number of methoxy groups -OCH3 is 1. The summed E-state index contributed by atoms with van der Waals surface area (Å²) in [6.07, 6.45) is 3.96. The van der Waals surface area contributed by atoms with Crippen LogP contribution in [-0.4, -0.2) is 35.6 Å². The Bertz CT molecular complexity index is 977. The highest BCUT2D eigenvalue weighted by Gasteiger charge is 2.08. The fourth-order valence-corrected chi connectivity index (χ4v) is 3.07. The molecule has 0 aliphatic heterocycles. The Kier molecular flexibility index (Phi) is 9.02. The lowest BCUT2D eigenvalue weighted by Gasteiger charge is -2.14. The van der Waals surface area contributed by atoms with Gasteiger partial charge in [0.15, 0.2) is 17.5 Å². The van der Waals surface area contributed by atoms with E-state index in [2.05, 4.69) is 36.5 Å². The summed E-state index contributed by atoms with van der Waals surface area (Å²) < 4.78 is 14.0. The molecule has 2 N–H and O–H groups in total. The van der Waals surface area contributed by atoms with Gasteiger partial charge in [0.25, 0.3) is 0 Å². The largest absolute Gasteiger partial charge is 0.493 e. The van der Waals surface area contributed by atoms with Gasteiger partial charge in [0.1, 0.15) is 5.65 Å². The molecule has 0 unspecified atom stereocenters. The molecule has 0 amide bonds. The molecule has 0 fully saturated rings. The minimum atomic E-state index is 0. The molecule has 2 aromatic heterocycles. The number of aliphatic imine (C=N–C) groups is 1. The number of fused-ring (bicyclic) bond motifs is 1. The van der Waals surface area contributed by atoms with E-state index in [1.165, 1.54) is 0 Å². The smallest absolute Gasteiger partial charge is 0.196 e.